The highest BCUT2D eigenvalue weighted by Crippen LogP contribution is 2.25. The van der Waals surface area contributed by atoms with Crippen molar-refractivity contribution in [2.75, 3.05) is 7.11 Å². The lowest BCUT2D eigenvalue weighted by Gasteiger charge is -2.09. The Kier molecular flexibility index (Phi) is 4.80. The van der Waals surface area contributed by atoms with E-state index in [2.05, 4.69) is 15.3 Å². The first-order chi connectivity index (χ1) is 12.0. The number of carbonyl (C=O) groups is 2. The van der Waals surface area contributed by atoms with Crippen molar-refractivity contribution in [3.63, 3.8) is 0 Å². The van der Waals surface area contributed by atoms with Crippen molar-refractivity contribution in [3.8, 4) is 17.1 Å². The molecule has 0 aliphatic heterocycles. The summed E-state index contributed by atoms with van der Waals surface area (Å²) >= 11 is 1.13. The molecule has 0 aliphatic rings. The molecule has 7 nitrogen and oxygen atoms in total. The zero-order valence-electron chi connectivity index (χ0n) is 14.0. The van der Waals surface area contributed by atoms with Crippen LogP contribution < -0.4 is 4.74 Å². The van der Waals surface area contributed by atoms with E-state index in [9.17, 15) is 9.59 Å². The molecule has 2 heterocycles. The molecule has 0 bridgehead atoms. The van der Waals surface area contributed by atoms with Crippen LogP contribution >= 0.6 is 11.8 Å². The second-order valence-corrected chi connectivity index (χ2v) is 6.54. The van der Waals surface area contributed by atoms with Crippen molar-refractivity contribution < 1.29 is 14.3 Å². The number of rotatable bonds is 6. The van der Waals surface area contributed by atoms with Gasteiger partial charge in [0.1, 0.15) is 16.0 Å². The SMILES string of the molecule is COc1ccc(-c2nnc3ccc(SC(C(C)=O)C(C)=O)nn23)cc1. The number of aromatic nitrogens is 4. The summed E-state index contributed by atoms with van der Waals surface area (Å²) in [4.78, 5) is 23.3. The van der Waals surface area contributed by atoms with Gasteiger partial charge in [-0.15, -0.1) is 10.2 Å². The minimum atomic E-state index is -0.758. The van der Waals surface area contributed by atoms with Crippen LogP contribution in [0.15, 0.2) is 41.4 Å². The maximum absolute atomic E-state index is 11.6. The van der Waals surface area contributed by atoms with Gasteiger partial charge in [-0.1, -0.05) is 11.8 Å². The van der Waals surface area contributed by atoms with Gasteiger partial charge >= 0.3 is 0 Å². The van der Waals surface area contributed by atoms with Crippen LogP contribution in [0.1, 0.15) is 13.8 Å². The Labute approximate surface area is 148 Å². The topological polar surface area (TPSA) is 86.5 Å². The zero-order valence-corrected chi connectivity index (χ0v) is 14.8. The molecule has 0 unspecified atom stereocenters. The van der Waals surface area contributed by atoms with Crippen molar-refractivity contribution in [2.45, 2.75) is 24.1 Å². The predicted octanol–water partition coefficient (Wildman–Crippen LogP) is 2.44. The van der Waals surface area contributed by atoms with E-state index < -0.39 is 5.25 Å². The van der Waals surface area contributed by atoms with E-state index in [1.807, 2.05) is 24.3 Å². The third-order valence-electron chi connectivity index (χ3n) is 3.56. The molecule has 1 aromatic carbocycles. The molecule has 25 heavy (non-hydrogen) atoms. The first-order valence-electron chi connectivity index (χ1n) is 7.54. The third-order valence-corrected chi connectivity index (χ3v) is 4.92. The van der Waals surface area contributed by atoms with E-state index in [1.165, 1.54) is 13.8 Å². The maximum Gasteiger partial charge on any atom is 0.185 e. The third kappa shape index (κ3) is 3.53. The summed E-state index contributed by atoms with van der Waals surface area (Å²) in [6, 6.07) is 10.9. The van der Waals surface area contributed by atoms with Crippen LogP contribution in [0, 0.1) is 0 Å². The van der Waals surface area contributed by atoms with Crippen LogP contribution in [0.4, 0.5) is 0 Å². The van der Waals surface area contributed by atoms with Crippen molar-refractivity contribution >= 4 is 29.0 Å². The highest BCUT2D eigenvalue weighted by molar-refractivity contribution is 8.01. The Morgan fingerprint density at radius 2 is 1.72 bits per heavy atom. The van der Waals surface area contributed by atoms with Crippen LogP contribution in [-0.2, 0) is 9.59 Å². The molecule has 128 valence electrons. The van der Waals surface area contributed by atoms with Gasteiger partial charge in [-0.3, -0.25) is 9.59 Å². The van der Waals surface area contributed by atoms with Crippen LogP contribution in [0.2, 0.25) is 0 Å². The summed E-state index contributed by atoms with van der Waals surface area (Å²) in [6.07, 6.45) is 0. The lowest BCUT2D eigenvalue weighted by molar-refractivity contribution is -0.123. The number of Topliss-reactive ketones (excluding diaryl/α,β-unsaturated/α-hetero) is 2. The number of hydrogen-bond acceptors (Lipinski definition) is 7. The molecule has 0 amide bonds. The van der Waals surface area contributed by atoms with Gasteiger partial charge in [-0.05, 0) is 50.2 Å². The Balaban J connectivity index is 1.99. The number of hydrogen-bond donors (Lipinski definition) is 0. The molecule has 0 fully saturated rings. The first-order valence-corrected chi connectivity index (χ1v) is 8.42. The molecule has 8 heteroatoms. The molecule has 0 atom stereocenters. The molecule has 0 N–H and O–H groups in total. The number of thioether (sulfide) groups is 1. The van der Waals surface area contributed by atoms with Crippen molar-refractivity contribution in [2.24, 2.45) is 0 Å². The lowest BCUT2D eigenvalue weighted by Crippen LogP contribution is -2.22. The second-order valence-electron chi connectivity index (χ2n) is 5.41. The number of benzene rings is 1. The van der Waals surface area contributed by atoms with Crippen LogP contribution in [0.5, 0.6) is 5.75 Å². The highest BCUT2D eigenvalue weighted by atomic mass is 32.2. The standard InChI is InChI=1S/C17H16N4O3S/c1-10(22)16(11(2)23)25-15-9-8-14-18-19-17(21(14)20-15)12-4-6-13(24-3)7-5-12/h4-9,16H,1-3H3. The van der Waals surface area contributed by atoms with Crippen LogP contribution in [0.25, 0.3) is 17.0 Å². The van der Waals surface area contributed by atoms with Gasteiger partial charge in [0.05, 0.1) is 7.11 Å². The monoisotopic (exact) mass is 356 g/mol. The number of carbonyl (C=O) groups excluding carboxylic acids is 2. The summed E-state index contributed by atoms with van der Waals surface area (Å²) in [7, 11) is 1.60. The minimum absolute atomic E-state index is 0.196. The molecule has 0 spiro atoms. The van der Waals surface area contributed by atoms with Crippen LogP contribution in [-0.4, -0.2) is 43.7 Å². The normalized spacial score (nSPS) is 11.0. The molecule has 0 saturated heterocycles. The fourth-order valence-electron chi connectivity index (χ4n) is 2.33. The van der Waals surface area contributed by atoms with Gasteiger partial charge in [-0.25, -0.2) is 0 Å². The Bertz CT molecular complexity index is 923. The Hall–Kier alpha value is -2.74. The van der Waals surface area contributed by atoms with Gasteiger partial charge in [-0.2, -0.15) is 9.61 Å². The molecule has 0 radical (unpaired) electrons. The van der Waals surface area contributed by atoms with E-state index in [0.29, 0.717) is 16.5 Å². The number of ketones is 2. The van der Waals surface area contributed by atoms with E-state index in [1.54, 1.807) is 23.8 Å². The summed E-state index contributed by atoms with van der Waals surface area (Å²) in [6.45, 7) is 2.80. The number of fused-ring (bicyclic) bond motifs is 1. The van der Waals surface area contributed by atoms with E-state index >= 15 is 0 Å². The van der Waals surface area contributed by atoms with Crippen molar-refractivity contribution in [3.05, 3.63) is 36.4 Å². The van der Waals surface area contributed by atoms with Gasteiger partial charge in [0, 0.05) is 5.56 Å². The molecule has 0 aliphatic carbocycles. The summed E-state index contributed by atoms with van der Waals surface area (Å²) in [5.41, 5.74) is 1.41. The van der Waals surface area contributed by atoms with Crippen molar-refractivity contribution in [1.82, 2.24) is 19.8 Å². The van der Waals surface area contributed by atoms with Crippen molar-refractivity contribution in [1.29, 1.82) is 0 Å². The Morgan fingerprint density at radius 3 is 2.32 bits per heavy atom. The number of ether oxygens (including phenoxy) is 1. The maximum atomic E-state index is 11.6. The predicted molar refractivity (Wildman–Crippen MR) is 93.8 cm³/mol. The van der Waals surface area contributed by atoms with Gasteiger partial charge < -0.3 is 4.74 Å². The van der Waals surface area contributed by atoms with Gasteiger partial charge in [0.2, 0.25) is 0 Å². The van der Waals surface area contributed by atoms with Gasteiger partial charge in [0.15, 0.2) is 23.0 Å². The summed E-state index contributed by atoms with van der Waals surface area (Å²) in [5.74, 6) is 0.923. The molecular formula is C17H16N4O3S. The summed E-state index contributed by atoms with van der Waals surface area (Å²) in [5, 5.41) is 12.6. The second kappa shape index (κ2) is 7.02. The molecule has 2 aromatic heterocycles. The Morgan fingerprint density at radius 1 is 1.04 bits per heavy atom. The molecular weight excluding hydrogens is 340 g/mol. The lowest BCUT2D eigenvalue weighted by atomic mass is 10.2. The van der Waals surface area contributed by atoms with E-state index in [0.717, 1.165) is 23.1 Å². The highest BCUT2D eigenvalue weighted by Gasteiger charge is 2.22. The van der Waals surface area contributed by atoms with Gasteiger partial charge in [0.25, 0.3) is 0 Å². The largest absolute Gasteiger partial charge is 0.497 e. The fourth-order valence-corrected chi connectivity index (χ4v) is 3.18. The number of methoxy groups -OCH3 is 1. The average molecular weight is 356 g/mol. The van der Waals surface area contributed by atoms with Crippen LogP contribution in [0.3, 0.4) is 0 Å². The quantitative estimate of drug-likeness (QED) is 0.495. The zero-order chi connectivity index (χ0) is 18.0. The average Bonchev–Trinajstić information content (AvgIpc) is 3.02. The van der Waals surface area contributed by atoms with E-state index in [-0.39, 0.29) is 11.6 Å². The minimum Gasteiger partial charge on any atom is -0.497 e. The summed E-state index contributed by atoms with van der Waals surface area (Å²) < 4.78 is 6.75. The van der Waals surface area contributed by atoms with E-state index in [4.69, 9.17) is 4.74 Å². The molecule has 0 saturated carbocycles. The smallest absolute Gasteiger partial charge is 0.185 e. The molecule has 3 rings (SSSR count). The first kappa shape index (κ1) is 17.1. The molecule has 3 aromatic rings. The number of nitrogens with zero attached hydrogens (tertiary/aromatic N) is 4. The fraction of sp³-hybridized carbons (Fsp3) is 0.235.